The van der Waals surface area contributed by atoms with Crippen molar-refractivity contribution >= 4 is 6.09 Å². The van der Waals surface area contributed by atoms with Crippen LogP contribution in [0.3, 0.4) is 0 Å². The van der Waals surface area contributed by atoms with Gasteiger partial charge in [0, 0.05) is 12.6 Å². The lowest BCUT2D eigenvalue weighted by atomic mass is 10.1. The molecule has 0 bridgehead atoms. The van der Waals surface area contributed by atoms with Crippen molar-refractivity contribution in [2.45, 2.75) is 57.2 Å². The van der Waals surface area contributed by atoms with E-state index in [1.54, 1.807) is 0 Å². The third kappa shape index (κ3) is 1.83. The highest BCUT2D eigenvalue weighted by Gasteiger charge is 2.58. The Labute approximate surface area is 90.8 Å². The molecule has 1 amide bonds. The van der Waals surface area contributed by atoms with Gasteiger partial charge >= 0.3 is 6.09 Å². The van der Waals surface area contributed by atoms with Crippen LogP contribution in [-0.2, 0) is 4.74 Å². The minimum absolute atomic E-state index is 0.0532. The predicted molar refractivity (Wildman–Crippen MR) is 57.5 cm³/mol. The van der Waals surface area contributed by atoms with Crippen LogP contribution in [0.2, 0.25) is 0 Å². The van der Waals surface area contributed by atoms with E-state index in [1.165, 1.54) is 0 Å². The van der Waals surface area contributed by atoms with Crippen molar-refractivity contribution in [3.05, 3.63) is 0 Å². The highest BCUT2D eigenvalue weighted by molar-refractivity contribution is 5.70. The van der Waals surface area contributed by atoms with E-state index in [2.05, 4.69) is 0 Å². The molecule has 2 fully saturated rings. The van der Waals surface area contributed by atoms with Gasteiger partial charge in [0.1, 0.15) is 5.60 Å². The summed E-state index contributed by atoms with van der Waals surface area (Å²) in [6.07, 6.45) is 2.77. The predicted octanol–water partition coefficient (Wildman–Crippen LogP) is 1.49. The molecule has 1 aliphatic carbocycles. The summed E-state index contributed by atoms with van der Waals surface area (Å²) in [6.45, 7) is 6.41. The van der Waals surface area contributed by atoms with Crippen LogP contribution >= 0.6 is 0 Å². The Morgan fingerprint density at radius 1 is 1.47 bits per heavy atom. The van der Waals surface area contributed by atoms with E-state index in [-0.39, 0.29) is 17.7 Å². The SMILES string of the molecule is CC(C)(C)OC(=O)N1CCC(N)C12CC2. The second kappa shape index (κ2) is 3.11. The molecule has 0 radical (unpaired) electrons. The summed E-state index contributed by atoms with van der Waals surface area (Å²) < 4.78 is 5.38. The van der Waals surface area contributed by atoms with E-state index in [0.29, 0.717) is 0 Å². The van der Waals surface area contributed by atoms with Gasteiger partial charge in [-0.2, -0.15) is 0 Å². The number of likely N-dealkylation sites (tertiary alicyclic amines) is 1. The Kier molecular flexibility index (Phi) is 2.23. The molecule has 1 aliphatic heterocycles. The second-order valence-corrected chi connectivity index (χ2v) is 5.63. The van der Waals surface area contributed by atoms with Crippen LogP contribution in [0.15, 0.2) is 0 Å². The number of rotatable bonds is 0. The van der Waals surface area contributed by atoms with Crippen LogP contribution in [-0.4, -0.2) is 34.7 Å². The molecule has 86 valence electrons. The molecule has 1 unspecified atom stereocenters. The minimum Gasteiger partial charge on any atom is -0.444 e. The first kappa shape index (κ1) is 10.7. The van der Waals surface area contributed by atoms with Gasteiger partial charge in [-0.05, 0) is 40.0 Å². The summed E-state index contributed by atoms with van der Waals surface area (Å²) in [7, 11) is 0. The zero-order valence-electron chi connectivity index (χ0n) is 9.75. The summed E-state index contributed by atoms with van der Waals surface area (Å²) in [5, 5.41) is 0. The normalized spacial score (nSPS) is 28.3. The smallest absolute Gasteiger partial charge is 0.410 e. The fourth-order valence-corrected chi connectivity index (χ4v) is 2.32. The molecule has 0 aromatic heterocycles. The highest BCUT2D eigenvalue weighted by Crippen LogP contribution is 2.49. The lowest BCUT2D eigenvalue weighted by molar-refractivity contribution is 0.0196. The first-order valence-electron chi connectivity index (χ1n) is 5.61. The molecule has 1 spiro atoms. The molecule has 0 aromatic rings. The van der Waals surface area contributed by atoms with Gasteiger partial charge in [0.15, 0.2) is 0 Å². The average molecular weight is 212 g/mol. The van der Waals surface area contributed by atoms with Crippen molar-refractivity contribution in [3.8, 4) is 0 Å². The maximum atomic E-state index is 11.9. The van der Waals surface area contributed by atoms with Gasteiger partial charge in [-0.25, -0.2) is 4.79 Å². The lowest BCUT2D eigenvalue weighted by Gasteiger charge is -2.29. The lowest BCUT2D eigenvalue weighted by Crippen LogP contribution is -2.46. The minimum atomic E-state index is -0.417. The van der Waals surface area contributed by atoms with Crippen molar-refractivity contribution in [2.75, 3.05) is 6.54 Å². The van der Waals surface area contributed by atoms with Crippen molar-refractivity contribution in [1.82, 2.24) is 4.90 Å². The molecule has 0 aromatic carbocycles. The molecular weight excluding hydrogens is 192 g/mol. The largest absolute Gasteiger partial charge is 0.444 e. The molecule has 2 aliphatic rings. The maximum absolute atomic E-state index is 11.9. The molecule has 2 N–H and O–H groups in total. The van der Waals surface area contributed by atoms with Gasteiger partial charge in [0.2, 0.25) is 0 Å². The third-order valence-corrected chi connectivity index (χ3v) is 3.27. The Morgan fingerprint density at radius 3 is 2.53 bits per heavy atom. The van der Waals surface area contributed by atoms with Crippen LogP contribution in [0.1, 0.15) is 40.0 Å². The number of nitrogens with two attached hydrogens (primary N) is 1. The van der Waals surface area contributed by atoms with Crippen molar-refractivity contribution in [2.24, 2.45) is 5.73 Å². The molecular formula is C11H20N2O2. The molecule has 2 rings (SSSR count). The Balaban J connectivity index is 2.03. The Bertz CT molecular complexity index is 279. The summed E-state index contributed by atoms with van der Waals surface area (Å²) in [4.78, 5) is 13.7. The number of amides is 1. The highest BCUT2D eigenvalue weighted by atomic mass is 16.6. The average Bonchev–Trinajstić information content (AvgIpc) is 2.75. The summed E-state index contributed by atoms with van der Waals surface area (Å²) in [5.74, 6) is 0. The number of carbonyl (C=O) groups excluding carboxylic acids is 1. The van der Waals surface area contributed by atoms with Crippen LogP contribution in [0.4, 0.5) is 4.79 Å². The quantitative estimate of drug-likeness (QED) is 0.662. The molecule has 4 heteroatoms. The van der Waals surface area contributed by atoms with E-state index in [4.69, 9.17) is 10.5 Å². The van der Waals surface area contributed by atoms with E-state index in [0.717, 1.165) is 25.8 Å². The number of nitrogens with zero attached hydrogens (tertiary/aromatic N) is 1. The van der Waals surface area contributed by atoms with E-state index >= 15 is 0 Å². The van der Waals surface area contributed by atoms with Gasteiger partial charge in [0.25, 0.3) is 0 Å². The van der Waals surface area contributed by atoms with Crippen LogP contribution in [0.25, 0.3) is 0 Å². The molecule has 1 heterocycles. The van der Waals surface area contributed by atoms with Crippen molar-refractivity contribution < 1.29 is 9.53 Å². The Hall–Kier alpha value is -0.770. The van der Waals surface area contributed by atoms with Crippen molar-refractivity contribution in [1.29, 1.82) is 0 Å². The zero-order chi connectivity index (χ0) is 11.3. The molecule has 4 nitrogen and oxygen atoms in total. The van der Waals surface area contributed by atoms with Gasteiger partial charge in [0.05, 0.1) is 5.54 Å². The standard InChI is InChI=1S/C11H20N2O2/c1-10(2,3)15-9(14)13-7-4-8(12)11(13)5-6-11/h8H,4-7,12H2,1-3H3. The molecule has 15 heavy (non-hydrogen) atoms. The first-order chi connectivity index (χ1) is 6.85. The zero-order valence-corrected chi connectivity index (χ0v) is 9.75. The fraction of sp³-hybridized carbons (Fsp3) is 0.909. The Morgan fingerprint density at radius 2 is 2.07 bits per heavy atom. The molecule has 1 saturated heterocycles. The van der Waals surface area contributed by atoms with Crippen molar-refractivity contribution in [3.63, 3.8) is 0 Å². The third-order valence-electron chi connectivity index (χ3n) is 3.27. The first-order valence-corrected chi connectivity index (χ1v) is 5.61. The molecule has 1 atom stereocenters. The summed E-state index contributed by atoms with van der Waals surface area (Å²) in [6, 6.07) is 0.144. The fourth-order valence-electron chi connectivity index (χ4n) is 2.32. The monoisotopic (exact) mass is 212 g/mol. The number of ether oxygens (including phenoxy) is 1. The van der Waals surface area contributed by atoms with Gasteiger partial charge in [-0.1, -0.05) is 0 Å². The molecule has 1 saturated carbocycles. The number of hydrogen-bond acceptors (Lipinski definition) is 3. The van der Waals surface area contributed by atoms with Gasteiger partial charge in [-0.15, -0.1) is 0 Å². The van der Waals surface area contributed by atoms with Gasteiger partial charge < -0.3 is 15.4 Å². The van der Waals surface area contributed by atoms with Crippen LogP contribution in [0, 0.1) is 0 Å². The van der Waals surface area contributed by atoms with Crippen LogP contribution < -0.4 is 5.73 Å². The van der Waals surface area contributed by atoms with E-state index < -0.39 is 5.60 Å². The van der Waals surface area contributed by atoms with Crippen LogP contribution in [0.5, 0.6) is 0 Å². The van der Waals surface area contributed by atoms with E-state index in [9.17, 15) is 4.79 Å². The second-order valence-electron chi connectivity index (χ2n) is 5.63. The topological polar surface area (TPSA) is 55.6 Å². The summed E-state index contributed by atoms with van der Waals surface area (Å²) in [5.41, 5.74) is 5.55. The maximum Gasteiger partial charge on any atom is 0.410 e. The number of carbonyl (C=O) groups is 1. The van der Waals surface area contributed by atoms with Gasteiger partial charge in [-0.3, -0.25) is 0 Å². The number of hydrogen-bond donors (Lipinski definition) is 1. The van der Waals surface area contributed by atoms with E-state index in [1.807, 2.05) is 25.7 Å². The summed E-state index contributed by atoms with van der Waals surface area (Å²) >= 11 is 0.